The lowest BCUT2D eigenvalue weighted by atomic mass is 10.1. The zero-order chi connectivity index (χ0) is 22.5. The fourth-order valence-corrected chi connectivity index (χ4v) is 2.99. The molecule has 0 radical (unpaired) electrons. The van der Waals surface area contributed by atoms with Gasteiger partial charge in [-0.1, -0.05) is 0 Å². The molecule has 9 heteroatoms. The molecule has 2 aromatic carbocycles. The van der Waals surface area contributed by atoms with Crippen molar-refractivity contribution in [2.24, 2.45) is 5.73 Å². The van der Waals surface area contributed by atoms with Crippen molar-refractivity contribution in [2.45, 2.75) is 13.8 Å². The van der Waals surface area contributed by atoms with Gasteiger partial charge in [-0.15, -0.1) is 0 Å². The monoisotopic (exact) mass is 422 g/mol. The number of ether oxygens (including phenoxy) is 2. The van der Waals surface area contributed by atoms with Gasteiger partial charge in [0.25, 0.3) is 5.91 Å². The molecule has 9 nitrogen and oxygen atoms in total. The lowest BCUT2D eigenvalue weighted by Gasteiger charge is -2.12. The van der Waals surface area contributed by atoms with Crippen LogP contribution in [0.15, 0.2) is 48.7 Å². The van der Waals surface area contributed by atoms with Gasteiger partial charge in [0.1, 0.15) is 11.3 Å². The molecule has 0 aliphatic rings. The van der Waals surface area contributed by atoms with E-state index in [2.05, 4.69) is 10.4 Å². The third-order valence-electron chi connectivity index (χ3n) is 4.61. The fraction of sp³-hybridized carbons (Fsp3) is 0.182. The lowest BCUT2D eigenvalue weighted by Crippen LogP contribution is -2.15. The van der Waals surface area contributed by atoms with Gasteiger partial charge in [-0.05, 0) is 56.3 Å². The van der Waals surface area contributed by atoms with Crippen LogP contribution in [0.4, 0.5) is 5.69 Å². The number of carbonyl (C=O) groups is 3. The molecule has 0 saturated carbocycles. The van der Waals surface area contributed by atoms with Gasteiger partial charge in [0, 0.05) is 11.1 Å². The quantitative estimate of drug-likeness (QED) is 0.564. The molecule has 3 N–H and O–H groups in total. The topological polar surface area (TPSA) is 126 Å². The third-order valence-corrected chi connectivity index (χ3v) is 4.61. The third kappa shape index (κ3) is 4.55. The maximum absolute atomic E-state index is 12.7. The van der Waals surface area contributed by atoms with Crippen LogP contribution in [-0.4, -0.2) is 41.3 Å². The summed E-state index contributed by atoms with van der Waals surface area (Å²) in [6.07, 6.45) is 1.45. The number of anilines is 1. The number of nitrogens with one attached hydrogen (secondary N) is 1. The fourth-order valence-electron chi connectivity index (χ4n) is 2.99. The van der Waals surface area contributed by atoms with E-state index in [4.69, 9.17) is 15.2 Å². The summed E-state index contributed by atoms with van der Waals surface area (Å²) < 4.78 is 11.8. The first-order chi connectivity index (χ1) is 14.8. The number of hydrogen-bond donors (Lipinski definition) is 2. The first-order valence-corrected chi connectivity index (χ1v) is 9.47. The molecule has 1 aromatic heterocycles. The van der Waals surface area contributed by atoms with Crippen molar-refractivity contribution in [1.29, 1.82) is 0 Å². The number of hydrogen-bond acceptors (Lipinski definition) is 6. The van der Waals surface area contributed by atoms with E-state index >= 15 is 0 Å². The van der Waals surface area contributed by atoms with E-state index in [1.54, 1.807) is 48.9 Å². The highest BCUT2D eigenvalue weighted by molar-refractivity contribution is 6.06. The summed E-state index contributed by atoms with van der Waals surface area (Å²) in [6.45, 7) is 3.78. The van der Waals surface area contributed by atoms with Crippen molar-refractivity contribution >= 4 is 23.5 Å². The van der Waals surface area contributed by atoms with E-state index in [0.717, 1.165) is 0 Å². The zero-order valence-corrected chi connectivity index (χ0v) is 17.3. The predicted octanol–water partition coefficient (Wildman–Crippen LogP) is 2.72. The van der Waals surface area contributed by atoms with Crippen LogP contribution in [0.25, 0.3) is 5.69 Å². The lowest BCUT2D eigenvalue weighted by molar-refractivity contribution is 0.0525. The van der Waals surface area contributed by atoms with Gasteiger partial charge in [0.2, 0.25) is 5.91 Å². The van der Waals surface area contributed by atoms with Crippen molar-refractivity contribution in [3.8, 4) is 11.4 Å². The van der Waals surface area contributed by atoms with Gasteiger partial charge >= 0.3 is 5.97 Å². The summed E-state index contributed by atoms with van der Waals surface area (Å²) in [7, 11) is 1.46. The van der Waals surface area contributed by atoms with E-state index in [1.807, 2.05) is 0 Å². The van der Waals surface area contributed by atoms with E-state index < -0.39 is 17.8 Å². The largest absolute Gasteiger partial charge is 0.495 e. The Morgan fingerprint density at radius 1 is 1.10 bits per heavy atom. The molecule has 0 spiro atoms. The molecule has 3 aromatic rings. The van der Waals surface area contributed by atoms with Crippen LogP contribution in [0.2, 0.25) is 0 Å². The van der Waals surface area contributed by atoms with Gasteiger partial charge in [-0.25, -0.2) is 9.48 Å². The molecule has 3 rings (SSSR count). The van der Waals surface area contributed by atoms with Crippen LogP contribution in [0.3, 0.4) is 0 Å². The summed E-state index contributed by atoms with van der Waals surface area (Å²) in [6, 6.07) is 11.2. The number of amides is 2. The Balaban J connectivity index is 1.81. The van der Waals surface area contributed by atoms with Gasteiger partial charge < -0.3 is 20.5 Å². The smallest absolute Gasteiger partial charge is 0.341 e. The highest BCUT2D eigenvalue weighted by Gasteiger charge is 2.17. The van der Waals surface area contributed by atoms with Gasteiger partial charge in [0.15, 0.2) is 0 Å². The maximum atomic E-state index is 12.7. The second-order valence-electron chi connectivity index (χ2n) is 6.56. The molecule has 0 bridgehead atoms. The number of esters is 1. The summed E-state index contributed by atoms with van der Waals surface area (Å²) in [5.41, 5.74) is 7.95. The first-order valence-electron chi connectivity index (χ1n) is 9.47. The number of rotatable bonds is 7. The number of primary amides is 1. The maximum Gasteiger partial charge on any atom is 0.341 e. The molecule has 160 valence electrons. The van der Waals surface area contributed by atoms with Crippen molar-refractivity contribution in [3.63, 3.8) is 0 Å². The minimum atomic E-state index is -0.612. The average Bonchev–Trinajstić information content (AvgIpc) is 3.15. The Morgan fingerprint density at radius 2 is 1.77 bits per heavy atom. The van der Waals surface area contributed by atoms with Crippen molar-refractivity contribution in [1.82, 2.24) is 9.78 Å². The molecule has 0 aliphatic carbocycles. The molecule has 0 fully saturated rings. The van der Waals surface area contributed by atoms with Gasteiger partial charge in [0.05, 0.1) is 37.0 Å². The average molecular weight is 422 g/mol. The van der Waals surface area contributed by atoms with Crippen molar-refractivity contribution in [2.75, 3.05) is 19.0 Å². The molecule has 1 heterocycles. The molecule has 2 amide bonds. The normalized spacial score (nSPS) is 10.4. The van der Waals surface area contributed by atoms with Crippen molar-refractivity contribution in [3.05, 3.63) is 71.0 Å². The molecule has 31 heavy (non-hydrogen) atoms. The molecule has 0 aliphatic heterocycles. The molecule has 0 atom stereocenters. The summed E-state index contributed by atoms with van der Waals surface area (Å²) in [5.74, 6) is -1.04. The Labute approximate surface area is 178 Å². The van der Waals surface area contributed by atoms with Crippen LogP contribution in [0.5, 0.6) is 5.75 Å². The van der Waals surface area contributed by atoms with E-state index in [0.29, 0.717) is 33.9 Å². The second-order valence-corrected chi connectivity index (χ2v) is 6.56. The van der Waals surface area contributed by atoms with Gasteiger partial charge in [-0.2, -0.15) is 5.10 Å². The van der Waals surface area contributed by atoms with Crippen molar-refractivity contribution < 1.29 is 23.9 Å². The minimum absolute atomic E-state index is 0.248. The van der Waals surface area contributed by atoms with E-state index in [9.17, 15) is 14.4 Å². The predicted molar refractivity (Wildman–Crippen MR) is 114 cm³/mol. The SMILES string of the molecule is CCOC(=O)c1cnn(-c2ccc(C(=O)Nc3cc(C(N)=O)ccc3OC)cc2)c1C. The van der Waals surface area contributed by atoms with Crippen LogP contribution >= 0.6 is 0 Å². The Bertz CT molecular complexity index is 1140. The first kappa shape index (κ1) is 21.6. The van der Waals surface area contributed by atoms with Gasteiger partial charge in [-0.3, -0.25) is 9.59 Å². The standard InChI is InChI=1S/C22H22N4O5/c1-4-31-22(29)17-12-24-26(13(17)2)16-8-5-14(6-9-16)21(28)25-18-11-15(20(23)27)7-10-19(18)30-3/h5-12H,4H2,1-3H3,(H2,23,27)(H,25,28). The number of nitrogens with two attached hydrogens (primary N) is 1. The van der Waals surface area contributed by atoms with Crippen LogP contribution in [-0.2, 0) is 4.74 Å². The number of aromatic nitrogens is 2. The number of methoxy groups -OCH3 is 1. The number of benzene rings is 2. The summed E-state index contributed by atoms with van der Waals surface area (Å²) in [4.78, 5) is 36.1. The Hall–Kier alpha value is -4.14. The highest BCUT2D eigenvalue weighted by Crippen LogP contribution is 2.26. The van der Waals surface area contributed by atoms with E-state index in [1.165, 1.54) is 25.4 Å². The molecular weight excluding hydrogens is 400 g/mol. The molecular formula is C22H22N4O5. The van der Waals surface area contributed by atoms with E-state index in [-0.39, 0.29) is 12.2 Å². The number of nitrogens with zero attached hydrogens (tertiary/aromatic N) is 2. The molecule has 0 unspecified atom stereocenters. The molecule has 0 saturated heterocycles. The van der Waals surface area contributed by atoms with Crippen LogP contribution < -0.4 is 15.8 Å². The highest BCUT2D eigenvalue weighted by atomic mass is 16.5. The Morgan fingerprint density at radius 3 is 2.39 bits per heavy atom. The summed E-state index contributed by atoms with van der Waals surface area (Å²) in [5, 5.41) is 6.96. The number of carbonyl (C=O) groups excluding carboxylic acids is 3. The zero-order valence-electron chi connectivity index (χ0n) is 17.3. The van der Waals surface area contributed by atoms with Crippen LogP contribution in [0, 0.1) is 6.92 Å². The Kier molecular flexibility index (Phi) is 6.35. The second kappa shape index (κ2) is 9.12. The van der Waals surface area contributed by atoms with Crippen LogP contribution in [0.1, 0.15) is 43.7 Å². The minimum Gasteiger partial charge on any atom is -0.495 e. The summed E-state index contributed by atoms with van der Waals surface area (Å²) >= 11 is 0.